The number of benzene rings is 2. The minimum Gasteiger partial charge on any atom is -0.407 e. The Bertz CT molecular complexity index is 1010. The van der Waals surface area contributed by atoms with Gasteiger partial charge in [-0.2, -0.15) is 9.78 Å². The number of aryl methyl sites for hydroxylation is 1. The maximum Gasteiger partial charge on any atom is 0.312 e. The molecular formula is C26H32N2O2. The van der Waals surface area contributed by atoms with Crippen molar-refractivity contribution in [2.24, 2.45) is 11.3 Å². The van der Waals surface area contributed by atoms with Crippen LogP contribution in [0.25, 0.3) is 16.9 Å². The van der Waals surface area contributed by atoms with E-state index in [1.165, 1.54) is 5.56 Å². The van der Waals surface area contributed by atoms with E-state index in [9.17, 15) is 4.79 Å². The number of ether oxygens (including phenoxy) is 1. The fourth-order valence-electron chi connectivity index (χ4n) is 3.88. The maximum atomic E-state index is 12.7. The molecule has 30 heavy (non-hydrogen) atoms. The highest BCUT2D eigenvalue weighted by Gasteiger charge is 2.21. The van der Waals surface area contributed by atoms with Crippen molar-refractivity contribution in [3.05, 3.63) is 65.7 Å². The van der Waals surface area contributed by atoms with Gasteiger partial charge in [0.25, 0.3) is 0 Å². The van der Waals surface area contributed by atoms with Crippen molar-refractivity contribution in [2.75, 3.05) is 0 Å². The van der Waals surface area contributed by atoms with Gasteiger partial charge >= 0.3 is 5.97 Å². The second kappa shape index (κ2) is 8.86. The van der Waals surface area contributed by atoms with Crippen molar-refractivity contribution in [1.29, 1.82) is 0 Å². The number of nitrogens with zero attached hydrogens (tertiary/aromatic N) is 2. The molecule has 0 N–H and O–H groups in total. The second-order valence-electron chi connectivity index (χ2n) is 9.41. The van der Waals surface area contributed by atoms with Gasteiger partial charge in [-0.05, 0) is 48.8 Å². The van der Waals surface area contributed by atoms with Crippen LogP contribution in [0.1, 0.15) is 51.7 Å². The van der Waals surface area contributed by atoms with Gasteiger partial charge in [0.2, 0.25) is 5.88 Å². The van der Waals surface area contributed by atoms with Crippen molar-refractivity contribution in [3.63, 3.8) is 0 Å². The molecule has 0 amide bonds. The lowest BCUT2D eigenvalue weighted by atomic mass is 9.84. The summed E-state index contributed by atoms with van der Waals surface area (Å²) in [5, 5.41) is 4.78. The summed E-state index contributed by atoms with van der Waals surface area (Å²) in [6.45, 7) is 12.8. The zero-order chi connectivity index (χ0) is 21.9. The molecule has 0 saturated carbocycles. The zero-order valence-electron chi connectivity index (χ0n) is 18.9. The van der Waals surface area contributed by atoms with Crippen LogP contribution in [0.2, 0.25) is 0 Å². The van der Waals surface area contributed by atoms with Gasteiger partial charge in [0.1, 0.15) is 0 Å². The molecule has 0 aliphatic rings. The minimum absolute atomic E-state index is 0.181. The van der Waals surface area contributed by atoms with E-state index in [0.717, 1.165) is 28.9 Å². The highest BCUT2D eigenvalue weighted by Crippen LogP contribution is 2.30. The normalized spacial score (nSPS) is 12.6. The number of esters is 1. The SMILES string of the molecule is Cc1cccc(-n2nc(-c3ccccc3)cc2OC(=O)CC(C)CC(C)(C)C)c1C. The van der Waals surface area contributed by atoms with Crippen LogP contribution in [0.15, 0.2) is 54.6 Å². The van der Waals surface area contributed by atoms with Crippen LogP contribution in [0.3, 0.4) is 0 Å². The van der Waals surface area contributed by atoms with E-state index >= 15 is 0 Å². The number of carbonyl (C=O) groups is 1. The van der Waals surface area contributed by atoms with Crippen molar-refractivity contribution < 1.29 is 9.53 Å². The quantitative estimate of drug-likeness (QED) is 0.439. The molecule has 3 aromatic rings. The Kier molecular flexibility index (Phi) is 6.45. The Hall–Kier alpha value is -2.88. The predicted molar refractivity (Wildman–Crippen MR) is 122 cm³/mol. The standard InChI is InChI=1S/C26H32N2O2/c1-18(17-26(4,5)6)15-25(29)30-24-16-22(21-12-8-7-9-13-21)27-28(24)23-14-10-11-19(2)20(23)3/h7-14,16,18H,15,17H2,1-6H3. The van der Waals surface area contributed by atoms with Crippen LogP contribution in [-0.2, 0) is 4.79 Å². The Morgan fingerprint density at radius 1 is 1.07 bits per heavy atom. The average Bonchev–Trinajstić information content (AvgIpc) is 3.06. The Morgan fingerprint density at radius 3 is 2.43 bits per heavy atom. The highest BCUT2D eigenvalue weighted by molar-refractivity contribution is 5.73. The third kappa shape index (κ3) is 5.38. The monoisotopic (exact) mass is 404 g/mol. The van der Waals surface area contributed by atoms with Gasteiger partial charge in [-0.25, -0.2) is 0 Å². The molecule has 0 spiro atoms. The van der Waals surface area contributed by atoms with E-state index in [2.05, 4.69) is 47.6 Å². The first kappa shape index (κ1) is 21.8. The summed E-state index contributed by atoms with van der Waals surface area (Å²) in [6.07, 6.45) is 1.35. The van der Waals surface area contributed by atoms with Crippen molar-refractivity contribution in [3.8, 4) is 22.8 Å². The third-order valence-corrected chi connectivity index (χ3v) is 5.24. The molecule has 4 heteroatoms. The lowest BCUT2D eigenvalue weighted by Gasteiger charge is -2.22. The second-order valence-corrected chi connectivity index (χ2v) is 9.41. The van der Waals surface area contributed by atoms with Gasteiger partial charge in [-0.1, -0.05) is 70.2 Å². The molecule has 3 rings (SSSR count). The predicted octanol–water partition coefficient (Wildman–Crippen LogP) is 6.52. The Labute approximate surface area is 179 Å². The van der Waals surface area contributed by atoms with Gasteiger partial charge in [-0.15, -0.1) is 0 Å². The third-order valence-electron chi connectivity index (χ3n) is 5.24. The molecule has 1 atom stereocenters. The van der Waals surface area contributed by atoms with Gasteiger partial charge < -0.3 is 4.74 Å². The lowest BCUT2D eigenvalue weighted by molar-refractivity contribution is -0.135. The molecule has 1 heterocycles. The van der Waals surface area contributed by atoms with Crippen LogP contribution in [0.4, 0.5) is 0 Å². The van der Waals surface area contributed by atoms with Gasteiger partial charge in [-0.3, -0.25) is 4.79 Å². The number of hydrogen-bond donors (Lipinski definition) is 0. The number of aromatic nitrogens is 2. The summed E-state index contributed by atoms with van der Waals surface area (Å²) in [5.74, 6) is 0.483. The molecule has 158 valence electrons. The molecule has 4 nitrogen and oxygen atoms in total. The summed E-state index contributed by atoms with van der Waals surface area (Å²) >= 11 is 0. The van der Waals surface area contributed by atoms with E-state index in [4.69, 9.17) is 9.84 Å². The van der Waals surface area contributed by atoms with Crippen molar-refractivity contribution in [1.82, 2.24) is 9.78 Å². The number of carbonyl (C=O) groups excluding carboxylic acids is 1. The van der Waals surface area contributed by atoms with E-state index in [1.807, 2.05) is 48.5 Å². The van der Waals surface area contributed by atoms with E-state index in [-0.39, 0.29) is 17.3 Å². The molecule has 0 saturated heterocycles. The van der Waals surface area contributed by atoms with Gasteiger partial charge in [0, 0.05) is 18.1 Å². The first-order valence-corrected chi connectivity index (χ1v) is 10.6. The molecule has 0 aliphatic heterocycles. The molecule has 2 aromatic carbocycles. The van der Waals surface area contributed by atoms with Crippen LogP contribution in [-0.4, -0.2) is 15.7 Å². The molecular weight excluding hydrogens is 372 g/mol. The first-order chi connectivity index (χ1) is 14.1. The van der Waals surface area contributed by atoms with Crippen LogP contribution >= 0.6 is 0 Å². The fourth-order valence-corrected chi connectivity index (χ4v) is 3.88. The van der Waals surface area contributed by atoms with Gasteiger partial charge in [0.15, 0.2) is 0 Å². The molecule has 0 aliphatic carbocycles. The molecule has 0 bridgehead atoms. The van der Waals surface area contributed by atoms with Crippen molar-refractivity contribution >= 4 is 5.97 Å². The molecule has 0 radical (unpaired) electrons. The number of rotatable bonds is 6. The molecule has 1 aromatic heterocycles. The minimum atomic E-state index is -0.224. The molecule has 0 fully saturated rings. The van der Waals surface area contributed by atoms with Crippen LogP contribution in [0.5, 0.6) is 5.88 Å². The van der Waals surface area contributed by atoms with E-state index < -0.39 is 0 Å². The van der Waals surface area contributed by atoms with E-state index in [0.29, 0.717) is 12.3 Å². The Morgan fingerprint density at radius 2 is 1.77 bits per heavy atom. The van der Waals surface area contributed by atoms with Crippen LogP contribution < -0.4 is 4.74 Å². The van der Waals surface area contributed by atoms with E-state index in [1.54, 1.807) is 4.68 Å². The summed E-state index contributed by atoms with van der Waals surface area (Å²) in [7, 11) is 0. The summed E-state index contributed by atoms with van der Waals surface area (Å²) in [5.41, 5.74) is 5.14. The fraction of sp³-hybridized carbons (Fsp3) is 0.385. The largest absolute Gasteiger partial charge is 0.407 e. The topological polar surface area (TPSA) is 44.1 Å². The number of hydrogen-bond acceptors (Lipinski definition) is 3. The highest BCUT2D eigenvalue weighted by atomic mass is 16.5. The summed E-state index contributed by atoms with van der Waals surface area (Å²) in [4.78, 5) is 12.7. The zero-order valence-corrected chi connectivity index (χ0v) is 18.9. The van der Waals surface area contributed by atoms with Crippen LogP contribution in [0, 0.1) is 25.2 Å². The summed E-state index contributed by atoms with van der Waals surface area (Å²) < 4.78 is 7.59. The average molecular weight is 405 g/mol. The molecule has 1 unspecified atom stereocenters. The van der Waals surface area contributed by atoms with Crippen molar-refractivity contribution in [2.45, 2.75) is 54.4 Å². The Balaban J connectivity index is 1.93. The smallest absolute Gasteiger partial charge is 0.312 e. The first-order valence-electron chi connectivity index (χ1n) is 10.6. The summed E-state index contributed by atoms with van der Waals surface area (Å²) in [6, 6.07) is 17.9. The lowest BCUT2D eigenvalue weighted by Crippen LogP contribution is -2.18. The van der Waals surface area contributed by atoms with Gasteiger partial charge in [0.05, 0.1) is 11.4 Å². The maximum absolute atomic E-state index is 12.7.